The minimum atomic E-state index is -3.04. The van der Waals surface area contributed by atoms with Gasteiger partial charge in [-0.15, -0.1) is 10.2 Å². The van der Waals surface area contributed by atoms with Crippen LogP contribution in [-0.4, -0.2) is 59.3 Å². The van der Waals surface area contributed by atoms with E-state index in [9.17, 15) is 17.6 Å². The summed E-state index contributed by atoms with van der Waals surface area (Å²) in [6.07, 6.45) is 0.484. The number of sulfone groups is 1. The number of amides is 1. The number of hydrogen-bond acceptors (Lipinski definition) is 8. The van der Waals surface area contributed by atoms with Crippen molar-refractivity contribution in [2.24, 2.45) is 0 Å². The van der Waals surface area contributed by atoms with Gasteiger partial charge >= 0.3 is 0 Å². The van der Waals surface area contributed by atoms with Crippen molar-refractivity contribution < 1.29 is 17.6 Å². The summed E-state index contributed by atoms with van der Waals surface area (Å²) >= 11 is 2.63. The summed E-state index contributed by atoms with van der Waals surface area (Å²) in [4.78, 5) is 14.1. The predicted octanol–water partition coefficient (Wildman–Crippen LogP) is 2.42. The Morgan fingerprint density at radius 2 is 2.11 bits per heavy atom. The second-order valence-electron chi connectivity index (χ2n) is 6.62. The molecule has 0 aliphatic carbocycles. The second kappa shape index (κ2) is 8.75. The molecule has 2 aromatic rings. The maximum Gasteiger partial charge on any atom is 0.235 e. The number of aromatic nitrogens is 2. The highest BCUT2D eigenvalue weighted by molar-refractivity contribution is 8.02. The van der Waals surface area contributed by atoms with Crippen LogP contribution in [-0.2, 0) is 21.2 Å². The van der Waals surface area contributed by atoms with Gasteiger partial charge in [0.05, 0.1) is 16.8 Å². The molecule has 7 nitrogen and oxygen atoms in total. The standard InChI is InChI=1S/C17H21FN4O3S3/c1-11(15(23)22(2)14-7-8-28(24,25)10-14)26-17-21-20-16(27-17)19-9-12-3-5-13(18)6-4-12/h3-6,11,14H,7-10H2,1-2H3,(H,19,20). The average molecular weight is 445 g/mol. The molecule has 1 aliphatic rings. The van der Waals surface area contributed by atoms with Crippen molar-refractivity contribution in [1.29, 1.82) is 0 Å². The zero-order valence-electron chi connectivity index (χ0n) is 15.5. The lowest BCUT2D eigenvalue weighted by atomic mass is 10.2. The van der Waals surface area contributed by atoms with E-state index in [1.165, 1.54) is 40.1 Å². The summed E-state index contributed by atoms with van der Waals surface area (Å²) in [7, 11) is -1.38. The van der Waals surface area contributed by atoms with Crippen LogP contribution in [0, 0.1) is 5.82 Å². The summed E-state index contributed by atoms with van der Waals surface area (Å²) < 4.78 is 36.8. The van der Waals surface area contributed by atoms with E-state index in [-0.39, 0.29) is 29.3 Å². The lowest BCUT2D eigenvalue weighted by molar-refractivity contribution is -0.130. The van der Waals surface area contributed by atoms with Crippen molar-refractivity contribution in [2.75, 3.05) is 23.9 Å². The molecule has 2 heterocycles. The third kappa shape index (κ3) is 5.42. The lowest BCUT2D eigenvalue weighted by Crippen LogP contribution is -2.41. The Morgan fingerprint density at radius 3 is 2.75 bits per heavy atom. The molecule has 152 valence electrons. The Kier molecular flexibility index (Phi) is 6.56. The van der Waals surface area contributed by atoms with Gasteiger partial charge in [0, 0.05) is 19.6 Å². The van der Waals surface area contributed by atoms with Crippen LogP contribution in [0.1, 0.15) is 18.9 Å². The first kappa shape index (κ1) is 21.0. The normalized spacial score (nSPS) is 19.3. The van der Waals surface area contributed by atoms with Gasteiger partial charge in [0.1, 0.15) is 5.82 Å². The van der Waals surface area contributed by atoms with Crippen molar-refractivity contribution in [2.45, 2.75) is 35.5 Å². The summed E-state index contributed by atoms with van der Waals surface area (Å²) in [5, 5.41) is 11.5. The van der Waals surface area contributed by atoms with Gasteiger partial charge in [-0.25, -0.2) is 12.8 Å². The number of hydrogen-bond donors (Lipinski definition) is 1. The van der Waals surface area contributed by atoms with Crippen LogP contribution < -0.4 is 5.32 Å². The molecule has 28 heavy (non-hydrogen) atoms. The molecule has 0 radical (unpaired) electrons. The van der Waals surface area contributed by atoms with Gasteiger partial charge in [-0.05, 0) is 31.0 Å². The first-order chi connectivity index (χ1) is 13.2. The van der Waals surface area contributed by atoms with E-state index >= 15 is 0 Å². The number of rotatable bonds is 7. The zero-order valence-corrected chi connectivity index (χ0v) is 17.9. The number of carbonyl (C=O) groups is 1. The Hall–Kier alpha value is -1.72. The van der Waals surface area contributed by atoms with E-state index in [0.717, 1.165) is 5.56 Å². The molecule has 1 N–H and O–H groups in total. The predicted molar refractivity (Wildman–Crippen MR) is 109 cm³/mol. The van der Waals surface area contributed by atoms with Crippen LogP contribution in [0.25, 0.3) is 0 Å². The molecule has 1 amide bonds. The fourth-order valence-corrected chi connectivity index (χ4v) is 6.63. The van der Waals surface area contributed by atoms with E-state index < -0.39 is 15.1 Å². The quantitative estimate of drug-likeness (QED) is 0.656. The fraction of sp³-hybridized carbons (Fsp3) is 0.471. The first-order valence-corrected chi connectivity index (χ1v) is 12.2. The maximum absolute atomic E-state index is 12.9. The molecule has 0 bridgehead atoms. The van der Waals surface area contributed by atoms with Crippen LogP contribution in [0.2, 0.25) is 0 Å². The number of halogens is 1. The molecule has 1 aliphatic heterocycles. The van der Waals surface area contributed by atoms with Crippen molar-refractivity contribution in [3.8, 4) is 0 Å². The average Bonchev–Trinajstić information content (AvgIpc) is 3.25. The third-order valence-corrected chi connectivity index (χ3v) is 8.30. The number of thioether (sulfide) groups is 1. The van der Waals surface area contributed by atoms with Gasteiger partial charge in [0.2, 0.25) is 11.0 Å². The Balaban J connectivity index is 1.52. The topological polar surface area (TPSA) is 92.3 Å². The van der Waals surface area contributed by atoms with Crippen LogP contribution in [0.3, 0.4) is 0 Å². The van der Waals surface area contributed by atoms with Crippen LogP contribution in [0.15, 0.2) is 28.6 Å². The van der Waals surface area contributed by atoms with Gasteiger partial charge < -0.3 is 10.2 Å². The van der Waals surface area contributed by atoms with E-state index in [4.69, 9.17) is 0 Å². The molecular formula is C17H21FN4O3S3. The van der Waals surface area contributed by atoms with Gasteiger partial charge in [0.25, 0.3) is 0 Å². The molecule has 3 rings (SSSR count). The SMILES string of the molecule is CC(Sc1nnc(NCc2ccc(F)cc2)s1)C(=O)N(C)C1CCS(=O)(=O)C1. The molecular weight excluding hydrogens is 423 g/mol. The monoisotopic (exact) mass is 444 g/mol. The molecule has 0 saturated carbocycles. The maximum atomic E-state index is 12.9. The molecule has 1 fully saturated rings. The smallest absolute Gasteiger partial charge is 0.235 e. The van der Waals surface area contributed by atoms with Gasteiger partial charge in [-0.1, -0.05) is 35.2 Å². The Bertz CT molecular complexity index is 933. The lowest BCUT2D eigenvalue weighted by Gasteiger charge is -2.25. The zero-order chi connectivity index (χ0) is 20.3. The van der Waals surface area contributed by atoms with Gasteiger partial charge in [-0.3, -0.25) is 4.79 Å². The fourth-order valence-electron chi connectivity index (χ4n) is 2.86. The van der Waals surface area contributed by atoms with Crippen LogP contribution in [0.5, 0.6) is 0 Å². The highest BCUT2D eigenvalue weighted by atomic mass is 32.2. The van der Waals surface area contributed by atoms with E-state index in [1.54, 1.807) is 26.1 Å². The Labute approximate surface area is 171 Å². The van der Waals surface area contributed by atoms with Gasteiger partial charge in [0.15, 0.2) is 14.2 Å². The minimum absolute atomic E-state index is 0.0306. The van der Waals surface area contributed by atoms with E-state index in [2.05, 4.69) is 15.5 Å². The molecule has 1 saturated heterocycles. The third-order valence-electron chi connectivity index (χ3n) is 4.49. The second-order valence-corrected chi connectivity index (χ2v) is 11.4. The van der Waals surface area contributed by atoms with Crippen molar-refractivity contribution >= 4 is 44.0 Å². The van der Waals surface area contributed by atoms with Crippen LogP contribution in [0.4, 0.5) is 9.52 Å². The Morgan fingerprint density at radius 1 is 1.39 bits per heavy atom. The molecule has 2 unspecified atom stereocenters. The summed E-state index contributed by atoms with van der Waals surface area (Å²) in [5.74, 6) is -0.237. The molecule has 2 atom stereocenters. The number of nitrogens with zero attached hydrogens (tertiary/aromatic N) is 3. The summed E-state index contributed by atoms with van der Waals surface area (Å²) in [6.45, 7) is 2.27. The molecule has 1 aromatic heterocycles. The number of carbonyl (C=O) groups excluding carboxylic acids is 1. The van der Waals surface area contributed by atoms with Gasteiger partial charge in [-0.2, -0.15) is 0 Å². The van der Waals surface area contributed by atoms with Crippen molar-refractivity contribution in [3.63, 3.8) is 0 Å². The van der Waals surface area contributed by atoms with E-state index in [1.807, 2.05) is 0 Å². The molecule has 1 aromatic carbocycles. The number of nitrogens with one attached hydrogen (secondary N) is 1. The van der Waals surface area contributed by atoms with Crippen LogP contribution >= 0.6 is 23.1 Å². The summed E-state index contributed by atoms with van der Waals surface area (Å²) in [6, 6.07) is 5.93. The number of benzene rings is 1. The first-order valence-electron chi connectivity index (χ1n) is 8.69. The highest BCUT2D eigenvalue weighted by Crippen LogP contribution is 2.30. The molecule has 11 heteroatoms. The molecule has 0 spiro atoms. The minimum Gasteiger partial charge on any atom is -0.356 e. The van der Waals surface area contributed by atoms with E-state index in [0.29, 0.717) is 22.4 Å². The number of anilines is 1. The van der Waals surface area contributed by atoms with Crippen molar-refractivity contribution in [3.05, 3.63) is 35.6 Å². The largest absolute Gasteiger partial charge is 0.356 e. The highest BCUT2D eigenvalue weighted by Gasteiger charge is 2.34. The summed E-state index contributed by atoms with van der Waals surface area (Å²) in [5.41, 5.74) is 0.919. The van der Waals surface area contributed by atoms with Crippen molar-refractivity contribution in [1.82, 2.24) is 15.1 Å².